The number of ether oxygens (including phenoxy) is 2. The summed E-state index contributed by atoms with van der Waals surface area (Å²) in [6.07, 6.45) is 4.30. The molecular formula is C15H17NO2. The molecule has 0 unspecified atom stereocenters. The Kier molecular flexibility index (Phi) is 2.48. The lowest BCUT2D eigenvalue weighted by molar-refractivity contribution is -0.124. The van der Waals surface area contributed by atoms with Gasteiger partial charge in [0.25, 0.3) is 5.79 Å². The second kappa shape index (κ2) is 3.91. The van der Waals surface area contributed by atoms with Crippen molar-refractivity contribution in [1.29, 1.82) is 5.26 Å². The number of hydrogen-bond donors (Lipinski definition) is 0. The van der Waals surface area contributed by atoms with Crippen molar-refractivity contribution in [3.05, 3.63) is 24.3 Å². The Morgan fingerprint density at radius 1 is 1.11 bits per heavy atom. The van der Waals surface area contributed by atoms with Crippen LogP contribution in [0.15, 0.2) is 24.3 Å². The molecule has 0 atom stereocenters. The van der Waals surface area contributed by atoms with Gasteiger partial charge in [0.15, 0.2) is 11.5 Å². The maximum Gasteiger partial charge on any atom is 0.251 e. The maximum absolute atomic E-state index is 8.87. The van der Waals surface area contributed by atoms with E-state index in [9.17, 15) is 0 Å². The van der Waals surface area contributed by atoms with Crippen LogP contribution in [0, 0.1) is 16.7 Å². The van der Waals surface area contributed by atoms with E-state index >= 15 is 0 Å². The summed E-state index contributed by atoms with van der Waals surface area (Å²) in [5, 5.41) is 8.87. The van der Waals surface area contributed by atoms with Crippen molar-refractivity contribution in [2.75, 3.05) is 0 Å². The van der Waals surface area contributed by atoms with E-state index in [-0.39, 0.29) is 5.41 Å². The van der Waals surface area contributed by atoms with Gasteiger partial charge in [-0.1, -0.05) is 19.1 Å². The van der Waals surface area contributed by atoms with Crippen LogP contribution in [0.1, 0.15) is 39.0 Å². The molecular weight excluding hydrogens is 226 g/mol. The summed E-state index contributed by atoms with van der Waals surface area (Å²) in [4.78, 5) is 0. The molecule has 0 N–H and O–H groups in total. The molecule has 0 bridgehead atoms. The summed E-state index contributed by atoms with van der Waals surface area (Å²) in [7, 11) is 0. The predicted octanol–water partition coefficient (Wildman–Crippen LogP) is 3.65. The fourth-order valence-corrected chi connectivity index (χ4v) is 2.85. The van der Waals surface area contributed by atoms with Crippen LogP contribution in [-0.4, -0.2) is 5.79 Å². The molecule has 0 saturated heterocycles. The first-order valence-corrected chi connectivity index (χ1v) is 6.49. The molecule has 2 aliphatic rings. The molecule has 0 amide bonds. The highest BCUT2D eigenvalue weighted by Gasteiger charge is 2.47. The van der Waals surface area contributed by atoms with Gasteiger partial charge in [-0.3, -0.25) is 0 Å². The van der Waals surface area contributed by atoms with Crippen LogP contribution in [-0.2, 0) is 0 Å². The van der Waals surface area contributed by atoms with Crippen LogP contribution in [0.4, 0.5) is 0 Å². The highest BCUT2D eigenvalue weighted by atomic mass is 16.7. The first kappa shape index (κ1) is 11.4. The highest BCUT2D eigenvalue weighted by Crippen LogP contribution is 2.50. The monoisotopic (exact) mass is 243 g/mol. The van der Waals surface area contributed by atoms with Crippen molar-refractivity contribution in [2.45, 2.75) is 44.8 Å². The molecule has 1 heterocycles. The molecule has 0 radical (unpaired) electrons. The lowest BCUT2D eigenvalue weighted by atomic mass is 9.71. The fraction of sp³-hybridized carbons (Fsp3) is 0.533. The van der Waals surface area contributed by atoms with E-state index in [1.54, 1.807) is 0 Å². The average molecular weight is 243 g/mol. The van der Waals surface area contributed by atoms with Gasteiger partial charge < -0.3 is 9.47 Å². The zero-order chi connectivity index (χ0) is 12.6. The Balaban J connectivity index is 1.73. The van der Waals surface area contributed by atoms with Gasteiger partial charge in [-0.15, -0.1) is 0 Å². The van der Waals surface area contributed by atoms with Crippen LogP contribution in [0.5, 0.6) is 11.5 Å². The second-order valence-corrected chi connectivity index (χ2v) is 5.71. The number of benzene rings is 1. The van der Waals surface area contributed by atoms with Crippen LogP contribution in [0.25, 0.3) is 0 Å². The molecule has 1 aromatic rings. The van der Waals surface area contributed by atoms with Crippen LogP contribution >= 0.6 is 0 Å². The minimum Gasteiger partial charge on any atom is -0.448 e. The molecule has 1 aliphatic heterocycles. The topological polar surface area (TPSA) is 42.2 Å². The maximum atomic E-state index is 8.87. The van der Waals surface area contributed by atoms with Gasteiger partial charge >= 0.3 is 0 Å². The van der Waals surface area contributed by atoms with E-state index in [1.807, 2.05) is 24.3 Å². The Labute approximate surface area is 107 Å². The number of hydrogen-bond acceptors (Lipinski definition) is 3. The Bertz CT molecular complexity index is 468. The van der Waals surface area contributed by atoms with Crippen LogP contribution < -0.4 is 9.47 Å². The average Bonchev–Trinajstić information content (AvgIpc) is 2.73. The molecule has 3 rings (SSSR count). The summed E-state index contributed by atoms with van der Waals surface area (Å²) in [6, 6.07) is 10.1. The molecule has 0 aromatic heterocycles. The summed E-state index contributed by atoms with van der Waals surface area (Å²) in [5.74, 6) is 1.22. The second-order valence-electron chi connectivity index (χ2n) is 5.71. The van der Waals surface area contributed by atoms with E-state index in [2.05, 4.69) is 13.0 Å². The third-order valence-electron chi connectivity index (χ3n) is 4.17. The van der Waals surface area contributed by atoms with E-state index in [0.29, 0.717) is 6.42 Å². The standard InChI is InChI=1S/C15H17NO2/c1-14(10-11-16)6-8-15(9-7-14)17-12-4-2-3-5-13(12)18-15/h2-5H,6-10H2,1H3. The number of rotatable bonds is 1. The highest BCUT2D eigenvalue weighted by molar-refractivity contribution is 5.43. The summed E-state index contributed by atoms with van der Waals surface area (Å²) < 4.78 is 12.0. The number of nitrogens with zero attached hydrogens (tertiary/aromatic N) is 1. The first-order valence-electron chi connectivity index (χ1n) is 6.49. The molecule has 1 aromatic carbocycles. The van der Waals surface area contributed by atoms with Gasteiger partial charge in [-0.05, 0) is 30.4 Å². The van der Waals surface area contributed by atoms with Gasteiger partial charge in [-0.2, -0.15) is 5.26 Å². The molecule has 1 fully saturated rings. The van der Waals surface area contributed by atoms with Crippen molar-refractivity contribution in [3.63, 3.8) is 0 Å². The van der Waals surface area contributed by atoms with Gasteiger partial charge in [0.2, 0.25) is 0 Å². The lowest BCUT2D eigenvalue weighted by Crippen LogP contribution is -2.44. The Morgan fingerprint density at radius 2 is 1.67 bits per heavy atom. The van der Waals surface area contributed by atoms with Crippen molar-refractivity contribution >= 4 is 0 Å². The van der Waals surface area contributed by atoms with Crippen molar-refractivity contribution in [1.82, 2.24) is 0 Å². The van der Waals surface area contributed by atoms with E-state index in [4.69, 9.17) is 14.7 Å². The number of para-hydroxylation sites is 2. The van der Waals surface area contributed by atoms with Gasteiger partial charge in [0.05, 0.1) is 6.07 Å². The molecule has 1 aliphatic carbocycles. The van der Waals surface area contributed by atoms with E-state index < -0.39 is 5.79 Å². The van der Waals surface area contributed by atoms with E-state index in [0.717, 1.165) is 37.2 Å². The Hall–Kier alpha value is -1.69. The molecule has 1 spiro atoms. The first-order chi connectivity index (χ1) is 8.65. The third kappa shape index (κ3) is 1.82. The summed E-state index contributed by atoms with van der Waals surface area (Å²) >= 11 is 0. The van der Waals surface area contributed by atoms with Crippen LogP contribution in [0.2, 0.25) is 0 Å². The zero-order valence-electron chi connectivity index (χ0n) is 10.6. The van der Waals surface area contributed by atoms with Crippen molar-refractivity contribution in [2.24, 2.45) is 5.41 Å². The molecule has 3 heteroatoms. The third-order valence-corrected chi connectivity index (χ3v) is 4.17. The minimum absolute atomic E-state index is 0.126. The fourth-order valence-electron chi connectivity index (χ4n) is 2.85. The molecule has 94 valence electrons. The minimum atomic E-state index is -0.474. The largest absolute Gasteiger partial charge is 0.448 e. The Morgan fingerprint density at radius 3 is 2.17 bits per heavy atom. The van der Waals surface area contributed by atoms with Gasteiger partial charge in [0.1, 0.15) is 0 Å². The van der Waals surface area contributed by atoms with Crippen molar-refractivity contribution in [3.8, 4) is 17.6 Å². The van der Waals surface area contributed by atoms with E-state index in [1.165, 1.54) is 0 Å². The van der Waals surface area contributed by atoms with Crippen molar-refractivity contribution < 1.29 is 9.47 Å². The smallest absolute Gasteiger partial charge is 0.251 e. The van der Waals surface area contributed by atoms with Gasteiger partial charge in [-0.25, -0.2) is 0 Å². The normalized spacial score (nSPS) is 22.7. The van der Waals surface area contributed by atoms with Gasteiger partial charge in [0, 0.05) is 19.3 Å². The SMILES string of the molecule is CC1(CC#N)CCC2(CC1)Oc1ccccc1O2. The molecule has 3 nitrogen and oxygen atoms in total. The summed E-state index contributed by atoms with van der Waals surface area (Å²) in [5.41, 5.74) is 0.126. The summed E-state index contributed by atoms with van der Waals surface area (Å²) in [6.45, 7) is 2.19. The predicted molar refractivity (Wildman–Crippen MR) is 67.2 cm³/mol. The zero-order valence-corrected chi connectivity index (χ0v) is 10.6. The molecule has 18 heavy (non-hydrogen) atoms. The molecule has 1 saturated carbocycles. The number of nitriles is 1. The van der Waals surface area contributed by atoms with Crippen LogP contribution in [0.3, 0.4) is 0 Å². The number of fused-ring (bicyclic) bond motifs is 1. The lowest BCUT2D eigenvalue weighted by Gasteiger charge is -2.40. The quantitative estimate of drug-likeness (QED) is 0.756.